The second kappa shape index (κ2) is 1.37. The summed E-state index contributed by atoms with van der Waals surface area (Å²) in [7, 11) is 0. The van der Waals surface area contributed by atoms with Crippen molar-refractivity contribution in [2.75, 3.05) is 0 Å². The summed E-state index contributed by atoms with van der Waals surface area (Å²) in [5.41, 5.74) is 1.63. The SMILES string of the molecule is CC1=C[C@H]2C[C@@H]2CC1. The van der Waals surface area contributed by atoms with Crippen molar-refractivity contribution in [1.29, 1.82) is 0 Å². The molecular weight excluding hydrogens is 96.1 g/mol. The molecule has 2 aliphatic rings. The first kappa shape index (κ1) is 4.60. The molecule has 1 saturated carbocycles. The number of allylic oxidation sites excluding steroid dienone is 2. The summed E-state index contributed by atoms with van der Waals surface area (Å²) in [5.74, 6) is 2.13. The second-order valence-electron chi connectivity index (χ2n) is 3.21. The molecule has 2 rings (SSSR count). The van der Waals surface area contributed by atoms with Crippen LogP contribution in [-0.2, 0) is 0 Å². The first-order valence-corrected chi connectivity index (χ1v) is 3.53. The predicted octanol–water partition coefficient (Wildman–Crippen LogP) is 2.36. The van der Waals surface area contributed by atoms with Gasteiger partial charge in [-0.15, -0.1) is 0 Å². The molecule has 0 aromatic heterocycles. The predicted molar refractivity (Wildman–Crippen MR) is 34.6 cm³/mol. The van der Waals surface area contributed by atoms with Crippen molar-refractivity contribution in [1.82, 2.24) is 0 Å². The van der Waals surface area contributed by atoms with E-state index in [1.807, 2.05) is 0 Å². The molecule has 0 nitrogen and oxygen atoms in total. The maximum atomic E-state index is 2.47. The van der Waals surface area contributed by atoms with Crippen LogP contribution in [0.4, 0.5) is 0 Å². The highest BCUT2D eigenvalue weighted by Gasteiger charge is 2.36. The molecule has 0 heterocycles. The summed E-state index contributed by atoms with van der Waals surface area (Å²) < 4.78 is 0. The van der Waals surface area contributed by atoms with Gasteiger partial charge in [0.15, 0.2) is 0 Å². The number of rotatable bonds is 0. The molecule has 0 unspecified atom stereocenters. The molecule has 0 aliphatic heterocycles. The molecule has 2 aliphatic carbocycles. The monoisotopic (exact) mass is 108 g/mol. The minimum Gasteiger partial charge on any atom is -0.0822 e. The molecule has 0 aromatic carbocycles. The summed E-state index contributed by atoms with van der Waals surface area (Å²) in [4.78, 5) is 0. The fraction of sp³-hybridized carbons (Fsp3) is 0.750. The van der Waals surface area contributed by atoms with E-state index in [0.29, 0.717) is 0 Å². The maximum absolute atomic E-state index is 2.47. The van der Waals surface area contributed by atoms with Gasteiger partial charge < -0.3 is 0 Å². The van der Waals surface area contributed by atoms with E-state index in [1.165, 1.54) is 19.3 Å². The third-order valence-corrected chi connectivity index (χ3v) is 2.39. The minimum atomic E-state index is 1.02. The van der Waals surface area contributed by atoms with Crippen LogP contribution >= 0.6 is 0 Å². The highest BCUT2D eigenvalue weighted by Crippen LogP contribution is 2.47. The number of hydrogen-bond donors (Lipinski definition) is 0. The van der Waals surface area contributed by atoms with E-state index in [2.05, 4.69) is 13.0 Å². The van der Waals surface area contributed by atoms with Crippen molar-refractivity contribution in [2.24, 2.45) is 11.8 Å². The van der Waals surface area contributed by atoms with Gasteiger partial charge in [0.05, 0.1) is 0 Å². The highest BCUT2D eigenvalue weighted by atomic mass is 14.4. The zero-order valence-electron chi connectivity index (χ0n) is 5.35. The van der Waals surface area contributed by atoms with Crippen molar-refractivity contribution >= 4 is 0 Å². The van der Waals surface area contributed by atoms with Gasteiger partial charge in [-0.2, -0.15) is 0 Å². The third kappa shape index (κ3) is 0.594. The second-order valence-corrected chi connectivity index (χ2v) is 3.21. The molecule has 0 saturated heterocycles. The summed E-state index contributed by atoms with van der Waals surface area (Å²) in [5, 5.41) is 0. The molecule has 0 bridgehead atoms. The molecule has 8 heavy (non-hydrogen) atoms. The molecule has 44 valence electrons. The molecule has 2 atom stereocenters. The van der Waals surface area contributed by atoms with Crippen LogP contribution in [0.3, 0.4) is 0 Å². The molecule has 0 radical (unpaired) electrons. The molecule has 0 heteroatoms. The van der Waals surface area contributed by atoms with Crippen LogP contribution in [-0.4, -0.2) is 0 Å². The lowest BCUT2D eigenvalue weighted by Gasteiger charge is -2.05. The Kier molecular flexibility index (Phi) is 0.787. The van der Waals surface area contributed by atoms with Gasteiger partial charge in [0.2, 0.25) is 0 Å². The Balaban J connectivity index is 2.15. The van der Waals surface area contributed by atoms with Gasteiger partial charge in [0, 0.05) is 0 Å². The van der Waals surface area contributed by atoms with E-state index in [1.54, 1.807) is 5.57 Å². The first-order chi connectivity index (χ1) is 3.86. The summed E-state index contributed by atoms with van der Waals surface area (Å²) in [6, 6.07) is 0. The van der Waals surface area contributed by atoms with Crippen LogP contribution in [0.2, 0.25) is 0 Å². The lowest BCUT2D eigenvalue weighted by molar-refractivity contribution is 0.659. The normalized spacial score (nSPS) is 42.9. The van der Waals surface area contributed by atoms with E-state index >= 15 is 0 Å². The van der Waals surface area contributed by atoms with E-state index in [4.69, 9.17) is 0 Å². The fourth-order valence-electron chi connectivity index (χ4n) is 1.67. The summed E-state index contributed by atoms with van der Waals surface area (Å²) in [6.07, 6.45) is 6.82. The van der Waals surface area contributed by atoms with Crippen molar-refractivity contribution < 1.29 is 0 Å². The van der Waals surface area contributed by atoms with Crippen LogP contribution in [0.15, 0.2) is 11.6 Å². The van der Waals surface area contributed by atoms with Crippen LogP contribution in [0.5, 0.6) is 0 Å². The Bertz CT molecular complexity index is 133. The van der Waals surface area contributed by atoms with Gasteiger partial charge in [0.1, 0.15) is 0 Å². The van der Waals surface area contributed by atoms with Gasteiger partial charge in [-0.3, -0.25) is 0 Å². The fourth-order valence-corrected chi connectivity index (χ4v) is 1.67. The number of fused-ring (bicyclic) bond motifs is 1. The number of hydrogen-bond acceptors (Lipinski definition) is 0. The minimum absolute atomic E-state index is 1.02. The largest absolute Gasteiger partial charge is 0.0822 e. The molecule has 0 aromatic rings. The zero-order chi connectivity index (χ0) is 5.56. The molecule has 0 spiro atoms. The van der Waals surface area contributed by atoms with Crippen LogP contribution < -0.4 is 0 Å². The standard InChI is InChI=1S/C8H12/c1-6-2-3-7-5-8(7)4-6/h4,7-8H,2-3,5H2,1H3/t7-,8-/m0/s1. The van der Waals surface area contributed by atoms with Crippen LogP contribution in [0.1, 0.15) is 26.2 Å². The average Bonchev–Trinajstić information content (AvgIpc) is 2.43. The third-order valence-electron chi connectivity index (χ3n) is 2.39. The Morgan fingerprint density at radius 3 is 3.12 bits per heavy atom. The van der Waals surface area contributed by atoms with Crippen LogP contribution in [0, 0.1) is 11.8 Å². The van der Waals surface area contributed by atoms with Gasteiger partial charge in [-0.05, 0) is 38.0 Å². The topological polar surface area (TPSA) is 0 Å². The average molecular weight is 108 g/mol. The highest BCUT2D eigenvalue weighted by molar-refractivity contribution is 5.13. The van der Waals surface area contributed by atoms with Crippen molar-refractivity contribution in [3.8, 4) is 0 Å². The molecule has 0 amide bonds. The van der Waals surface area contributed by atoms with Crippen molar-refractivity contribution in [2.45, 2.75) is 26.2 Å². The van der Waals surface area contributed by atoms with Crippen molar-refractivity contribution in [3.63, 3.8) is 0 Å². The van der Waals surface area contributed by atoms with E-state index < -0.39 is 0 Å². The Morgan fingerprint density at radius 1 is 1.62 bits per heavy atom. The van der Waals surface area contributed by atoms with Gasteiger partial charge in [0.25, 0.3) is 0 Å². The van der Waals surface area contributed by atoms with Crippen LogP contribution in [0.25, 0.3) is 0 Å². The van der Waals surface area contributed by atoms with E-state index in [0.717, 1.165) is 11.8 Å². The van der Waals surface area contributed by atoms with Gasteiger partial charge in [-0.1, -0.05) is 11.6 Å². The summed E-state index contributed by atoms with van der Waals surface area (Å²) in [6.45, 7) is 2.26. The lowest BCUT2D eigenvalue weighted by atomic mass is 10.0. The van der Waals surface area contributed by atoms with Gasteiger partial charge in [-0.25, -0.2) is 0 Å². The maximum Gasteiger partial charge on any atom is -0.0199 e. The van der Waals surface area contributed by atoms with E-state index in [-0.39, 0.29) is 0 Å². The Morgan fingerprint density at radius 2 is 2.50 bits per heavy atom. The smallest absolute Gasteiger partial charge is 0.0199 e. The molecule has 0 N–H and O–H groups in total. The van der Waals surface area contributed by atoms with Gasteiger partial charge >= 0.3 is 0 Å². The van der Waals surface area contributed by atoms with E-state index in [9.17, 15) is 0 Å². The first-order valence-electron chi connectivity index (χ1n) is 3.53. The Labute approximate surface area is 50.6 Å². The van der Waals surface area contributed by atoms with Crippen molar-refractivity contribution in [3.05, 3.63) is 11.6 Å². The Hall–Kier alpha value is -0.260. The zero-order valence-corrected chi connectivity index (χ0v) is 5.35. The summed E-state index contributed by atoms with van der Waals surface area (Å²) >= 11 is 0. The molecule has 1 fully saturated rings. The quantitative estimate of drug-likeness (QED) is 0.418. The molecular formula is C8H12. The lowest BCUT2D eigenvalue weighted by Crippen LogP contribution is -1.89.